The van der Waals surface area contributed by atoms with Gasteiger partial charge in [-0.1, -0.05) is 6.08 Å². The molecule has 7 heteroatoms. The summed E-state index contributed by atoms with van der Waals surface area (Å²) in [5, 5.41) is 11.7. The molecule has 5 N–H and O–H groups in total. The number of hydrogen-bond donors (Lipinski definition) is 4. The van der Waals surface area contributed by atoms with Crippen LogP contribution in [-0.4, -0.2) is 46.1 Å². The van der Waals surface area contributed by atoms with Crippen LogP contribution in [0.2, 0.25) is 0 Å². The summed E-state index contributed by atoms with van der Waals surface area (Å²) in [6, 6.07) is -1.68. The van der Waals surface area contributed by atoms with E-state index in [1.165, 1.54) is 11.8 Å². The molecule has 2 atom stereocenters. The van der Waals surface area contributed by atoms with Gasteiger partial charge in [-0.25, -0.2) is 4.79 Å². The van der Waals surface area contributed by atoms with Crippen LogP contribution in [0.1, 0.15) is 30.2 Å². The van der Waals surface area contributed by atoms with Crippen LogP contribution in [0.3, 0.4) is 0 Å². The lowest BCUT2D eigenvalue weighted by Gasteiger charge is -2.17. The lowest BCUT2D eigenvalue weighted by atomic mass is 10.0. The number of thioether (sulfide) groups is 1. The van der Waals surface area contributed by atoms with Crippen molar-refractivity contribution in [1.82, 2.24) is 10.3 Å². The molecule has 6 nitrogen and oxygen atoms in total. The fourth-order valence-corrected chi connectivity index (χ4v) is 2.68. The normalized spacial score (nSPS) is 13.9. The van der Waals surface area contributed by atoms with E-state index in [9.17, 15) is 9.59 Å². The third kappa shape index (κ3) is 5.76. The summed E-state index contributed by atoms with van der Waals surface area (Å²) >= 11 is 1.54. The van der Waals surface area contributed by atoms with Crippen LogP contribution in [0.4, 0.5) is 0 Å². The quantitative estimate of drug-likeness (QED) is 0.546. The molecule has 128 valence electrons. The Kier molecular flexibility index (Phi) is 7.91. The van der Waals surface area contributed by atoms with Crippen LogP contribution < -0.4 is 11.1 Å². The molecule has 0 aliphatic heterocycles. The Morgan fingerprint density at radius 2 is 2.22 bits per heavy atom. The molecule has 2 unspecified atom stereocenters. The first-order valence-corrected chi connectivity index (χ1v) is 8.87. The standard InChI is InChI=1S/C16H25N3O3S/c1-4-5-13-10(2)11(9-18-13)8-12(17)15(20)19-14(16(21)22)6-7-23-3/h4-5,9,12,14,18H,6-8,17H2,1-3H3,(H,19,20)(H,21,22). The number of aromatic nitrogens is 1. The van der Waals surface area contributed by atoms with Gasteiger partial charge in [-0.05, 0) is 55.9 Å². The number of carboxylic acid groups (broad SMARTS) is 1. The van der Waals surface area contributed by atoms with Crippen molar-refractivity contribution in [2.45, 2.75) is 38.8 Å². The van der Waals surface area contributed by atoms with Crippen LogP contribution >= 0.6 is 11.8 Å². The third-order valence-corrected chi connectivity index (χ3v) is 4.27. The van der Waals surface area contributed by atoms with Crippen molar-refractivity contribution in [3.8, 4) is 0 Å². The maximum absolute atomic E-state index is 12.1. The minimum absolute atomic E-state index is 0.362. The molecule has 0 aliphatic carbocycles. The Labute approximate surface area is 140 Å². The molecular weight excluding hydrogens is 314 g/mol. The van der Waals surface area contributed by atoms with Gasteiger partial charge in [-0.15, -0.1) is 0 Å². The molecule has 23 heavy (non-hydrogen) atoms. The lowest BCUT2D eigenvalue weighted by Crippen LogP contribution is -2.49. The van der Waals surface area contributed by atoms with E-state index in [2.05, 4.69) is 10.3 Å². The minimum atomic E-state index is -1.03. The Morgan fingerprint density at radius 1 is 1.52 bits per heavy atom. The zero-order valence-corrected chi connectivity index (χ0v) is 14.6. The number of carbonyl (C=O) groups is 2. The van der Waals surface area contributed by atoms with Crippen LogP contribution in [0.15, 0.2) is 12.3 Å². The molecule has 1 rings (SSSR count). The van der Waals surface area contributed by atoms with Crippen LogP contribution in [0.25, 0.3) is 6.08 Å². The van der Waals surface area contributed by atoms with Crippen molar-refractivity contribution >= 4 is 29.7 Å². The predicted molar refractivity (Wildman–Crippen MR) is 94.5 cm³/mol. The van der Waals surface area contributed by atoms with E-state index >= 15 is 0 Å². The molecule has 0 aromatic carbocycles. The number of nitrogens with two attached hydrogens (primary N) is 1. The van der Waals surface area contributed by atoms with Gasteiger partial charge < -0.3 is 21.1 Å². The fourth-order valence-electron chi connectivity index (χ4n) is 2.21. The predicted octanol–water partition coefficient (Wildman–Crippen LogP) is 1.55. The van der Waals surface area contributed by atoms with Crippen molar-refractivity contribution in [3.63, 3.8) is 0 Å². The number of aliphatic carboxylic acids is 1. The molecule has 0 aliphatic rings. The molecule has 1 amide bonds. The Balaban J connectivity index is 2.67. The summed E-state index contributed by atoms with van der Waals surface area (Å²) in [5.41, 5.74) is 8.92. The second kappa shape index (κ2) is 9.42. The third-order valence-electron chi connectivity index (χ3n) is 3.62. The first-order valence-electron chi connectivity index (χ1n) is 7.47. The highest BCUT2D eigenvalue weighted by molar-refractivity contribution is 7.98. The molecule has 0 saturated carbocycles. The smallest absolute Gasteiger partial charge is 0.326 e. The summed E-state index contributed by atoms with van der Waals surface area (Å²) in [5.74, 6) is -0.810. The molecule has 0 saturated heterocycles. The molecule has 0 fully saturated rings. The first-order chi connectivity index (χ1) is 10.9. The maximum atomic E-state index is 12.1. The van der Waals surface area contributed by atoms with Crippen molar-refractivity contribution in [2.75, 3.05) is 12.0 Å². The van der Waals surface area contributed by atoms with Crippen molar-refractivity contribution < 1.29 is 14.7 Å². The van der Waals surface area contributed by atoms with E-state index in [0.717, 1.165) is 16.8 Å². The van der Waals surface area contributed by atoms with Gasteiger partial charge in [0.05, 0.1) is 6.04 Å². The Hall–Kier alpha value is -1.73. The Morgan fingerprint density at radius 3 is 2.78 bits per heavy atom. The highest BCUT2D eigenvalue weighted by Gasteiger charge is 2.23. The summed E-state index contributed by atoms with van der Waals surface area (Å²) in [4.78, 5) is 26.4. The van der Waals surface area contributed by atoms with E-state index in [1.807, 2.05) is 38.5 Å². The van der Waals surface area contributed by atoms with Gasteiger partial charge in [-0.3, -0.25) is 4.79 Å². The number of carbonyl (C=O) groups excluding carboxylic acids is 1. The van der Waals surface area contributed by atoms with E-state index in [0.29, 0.717) is 18.6 Å². The summed E-state index contributed by atoms with van der Waals surface area (Å²) in [6.45, 7) is 3.89. The van der Waals surface area contributed by atoms with Crippen molar-refractivity contribution in [2.24, 2.45) is 5.73 Å². The molecular formula is C16H25N3O3S. The largest absolute Gasteiger partial charge is 0.480 e. The number of allylic oxidation sites excluding steroid dienone is 1. The van der Waals surface area contributed by atoms with Crippen LogP contribution in [0.5, 0.6) is 0 Å². The summed E-state index contributed by atoms with van der Waals surface area (Å²) in [6.07, 6.45) is 8.35. The van der Waals surface area contributed by atoms with Crippen molar-refractivity contribution in [1.29, 1.82) is 0 Å². The molecule has 0 bridgehead atoms. The van der Waals surface area contributed by atoms with Crippen LogP contribution in [0, 0.1) is 6.92 Å². The molecule has 0 radical (unpaired) electrons. The average Bonchev–Trinajstić information content (AvgIpc) is 2.84. The van der Waals surface area contributed by atoms with Gasteiger partial charge in [0.25, 0.3) is 0 Å². The van der Waals surface area contributed by atoms with Gasteiger partial charge in [0.15, 0.2) is 0 Å². The van der Waals surface area contributed by atoms with Crippen LogP contribution in [-0.2, 0) is 16.0 Å². The van der Waals surface area contributed by atoms with E-state index < -0.39 is 24.0 Å². The van der Waals surface area contributed by atoms with Gasteiger partial charge >= 0.3 is 5.97 Å². The zero-order valence-electron chi connectivity index (χ0n) is 13.8. The number of amides is 1. The van der Waals surface area contributed by atoms with E-state index in [-0.39, 0.29) is 0 Å². The number of carboxylic acids is 1. The van der Waals surface area contributed by atoms with E-state index in [1.54, 1.807) is 0 Å². The second-order valence-electron chi connectivity index (χ2n) is 5.34. The lowest BCUT2D eigenvalue weighted by molar-refractivity contribution is -0.142. The van der Waals surface area contributed by atoms with Gasteiger partial charge in [-0.2, -0.15) is 11.8 Å². The summed E-state index contributed by atoms with van der Waals surface area (Å²) in [7, 11) is 0. The summed E-state index contributed by atoms with van der Waals surface area (Å²) < 4.78 is 0. The number of aromatic amines is 1. The monoisotopic (exact) mass is 339 g/mol. The van der Waals surface area contributed by atoms with Crippen molar-refractivity contribution in [3.05, 3.63) is 29.1 Å². The molecule has 0 spiro atoms. The Bertz CT molecular complexity index is 569. The molecule has 1 aromatic heterocycles. The average molecular weight is 339 g/mol. The first kappa shape index (κ1) is 19.3. The number of rotatable bonds is 9. The number of H-pyrrole nitrogens is 1. The zero-order chi connectivity index (χ0) is 17.4. The minimum Gasteiger partial charge on any atom is -0.480 e. The maximum Gasteiger partial charge on any atom is 0.326 e. The SMILES string of the molecule is CC=Cc1[nH]cc(CC(N)C(=O)NC(CCSC)C(=O)O)c1C. The second-order valence-corrected chi connectivity index (χ2v) is 6.33. The van der Waals surface area contributed by atoms with Gasteiger partial charge in [0, 0.05) is 11.9 Å². The molecule has 1 heterocycles. The number of hydrogen-bond acceptors (Lipinski definition) is 4. The number of nitrogens with one attached hydrogen (secondary N) is 2. The van der Waals surface area contributed by atoms with Gasteiger partial charge in [0.2, 0.25) is 5.91 Å². The fraction of sp³-hybridized carbons (Fsp3) is 0.500. The van der Waals surface area contributed by atoms with Gasteiger partial charge in [0.1, 0.15) is 6.04 Å². The topological polar surface area (TPSA) is 108 Å². The highest BCUT2D eigenvalue weighted by atomic mass is 32.2. The molecule has 1 aromatic rings. The highest BCUT2D eigenvalue weighted by Crippen LogP contribution is 2.16. The van der Waals surface area contributed by atoms with E-state index in [4.69, 9.17) is 10.8 Å².